The summed E-state index contributed by atoms with van der Waals surface area (Å²) in [5, 5.41) is 0.799. The van der Waals surface area contributed by atoms with Crippen molar-refractivity contribution < 1.29 is 9.53 Å². The molecule has 0 aliphatic carbocycles. The normalized spacial score (nSPS) is 11.7. The second-order valence-corrected chi connectivity index (χ2v) is 4.49. The van der Waals surface area contributed by atoms with Gasteiger partial charge in [0.25, 0.3) is 0 Å². The molecule has 1 radical (unpaired) electrons. The molecular weight excluding hydrogens is 204 g/mol. The molecule has 2 heterocycles. The van der Waals surface area contributed by atoms with Gasteiger partial charge in [0.15, 0.2) is 0 Å². The van der Waals surface area contributed by atoms with Crippen molar-refractivity contribution in [1.82, 2.24) is 9.55 Å². The van der Waals surface area contributed by atoms with Crippen LogP contribution in [0.25, 0.3) is 11.0 Å². The van der Waals surface area contributed by atoms with E-state index in [4.69, 9.17) is 4.74 Å². The summed E-state index contributed by atoms with van der Waals surface area (Å²) in [6.45, 7) is 5.49. The summed E-state index contributed by atoms with van der Waals surface area (Å²) in [7, 11) is 0. The minimum Gasteiger partial charge on any atom is -0.443 e. The molecule has 83 valence electrons. The first-order valence-electron chi connectivity index (χ1n) is 5.04. The molecule has 2 aromatic rings. The number of pyridine rings is 1. The van der Waals surface area contributed by atoms with E-state index < -0.39 is 11.7 Å². The van der Waals surface area contributed by atoms with Gasteiger partial charge in [-0.15, -0.1) is 0 Å². The van der Waals surface area contributed by atoms with E-state index in [-0.39, 0.29) is 0 Å². The third-order valence-corrected chi connectivity index (χ3v) is 1.96. The van der Waals surface area contributed by atoms with Gasteiger partial charge >= 0.3 is 6.09 Å². The number of hydrogen-bond acceptors (Lipinski definition) is 3. The second kappa shape index (κ2) is 3.63. The molecule has 0 spiro atoms. The van der Waals surface area contributed by atoms with E-state index >= 15 is 0 Å². The van der Waals surface area contributed by atoms with Crippen molar-refractivity contribution in [3.05, 3.63) is 30.6 Å². The fourth-order valence-corrected chi connectivity index (χ4v) is 1.36. The summed E-state index contributed by atoms with van der Waals surface area (Å²) >= 11 is 0. The zero-order valence-corrected chi connectivity index (χ0v) is 9.52. The fourth-order valence-electron chi connectivity index (χ4n) is 1.36. The Bertz CT molecular complexity index is 523. The van der Waals surface area contributed by atoms with Gasteiger partial charge in [-0.1, -0.05) is 0 Å². The number of hydrogen-bond donors (Lipinski definition) is 0. The first-order valence-corrected chi connectivity index (χ1v) is 5.04. The number of nitrogens with zero attached hydrogens (tertiary/aromatic N) is 2. The Labute approximate surface area is 93.9 Å². The highest BCUT2D eigenvalue weighted by Crippen LogP contribution is 2.15. The predicted molar refractivity (Wildman–Crippen MR) is 60.2 cm³/mol. The lowest BCUT2D eigenvalue weighted by atomic mass is 10.2. The second-order valence-electron chi connectivity index (χ2n) is 4.49. The Morgan fingerprint density at radius 3 is 2.94 bits per heavy atom. The molecule has 0 aliphatic heterocycles. The van der Waals surface area contributed by atoms with Crippen LogP contribution in [0.5, 0.6) is 0 Å². The van der Waals surface area contributed by atoms with Crippen LogP contribution < -0.4 is 0 Å². The maximum absolute atomic E-state index is 11.8. The summed E-state index contributed by atoms with van der Waals surface area (Å²) in [6.07, 6.45) is 2.82. The first-order chi connectivity index (χ1) is 7.47. The van der Waals surface area contributed by atoms with Gasteiger partial charge in [-0.3, -0.25) is 0 Å². The van der Waals surface area contributed by atoms with E-state index in [1.54, 1.807) is 24.5 Å². The minimum atomic E-state index is -0.508. The molecule has 2 rings (SSSR count). The number of carbonyl (C=O) groups excluding carboxylic acids is 1. The number of aromatic nitrogens is 2. The van der Waals surface area contributed by atoms with Crippen LogP contribution in [0.4, 0.5) is 4.79 Å². The van der Waals surface area contributed by atoms with E-state index in [9.17, 15) is 4.79 Å². The van der Waals surface area contributed by atoms with Crippen LogP contribution in [0, 0.1) is 6.07 Å². The van der Waals surface area contributed by atoms with Crippen LogP contribution in [0.15, 0.2) is 24.5 Å². The van der Waals surface area contributed by atoms with Crippen molar-refractivity contribution in [2.45, 2.75) is 26.4 Å². The maximum Gasteiger partial charge on any atom is 0.420 e. The standard InChI is InChI=1S/C12H13N2O2/c1-12(2,3)16-11(15)14-8-6-9-5-4-7-13-10(9)14/h4,6-8H,1-3H3. The van der Waals surface area contributed by atoms with Gasteiger partial charge in [0.1, 0.15) is 11.2 Å². The average Bonchev–Trinajstić information content (AvgIpc) is 2.58. The summed E-state index contributed by atoms with van der Waals surface area (Å²) in [4.78, 5) is 15.9. The topological polar surface area (TPSA) is 44.1 Å². The number of rotatable bonds is 0. The van der Waals surface area contributed by atoms with Crippen molar-refractivity contribution in [1.29, 1.82) is 0 Å². The van der Waals surface area contributed by atoms with Gasteiger partial charge in [-0.25, -0.2) is 14.3 Å². The van der Waals surface area contributed by atoms with Crippen molar-refractivity contribution in [3.8, 4) is 0 Å². The van der Waals surface area contributed by atoms with Gasteiger partial charge < -0.3 is 4.74 Å². The van der Waals surface area contributed by atoms with Gasteiger partial charge in [0, 0.05) is 17.8 Å². The minimum absolute atomic E-state index is 0.422. The summed E-state index contributed by atoms with van der Waals surface area (Å²) < 4.78 is 6.65. The lowest BCUT2D eigenvalue weighted by molar-refractivity contribution is 0.0543. The molecular formula is C12H13N2O2. The van der Waals surface area contributed by atoms with Gasteiger partial charge in [0.2, 0.25) is 0 Å². The molecule has 4 nitrogen and oxygen atoms in total. The number of ether oxygens (including phenoxy) is 1. The molecule has 0 bridgehead atoms. The van der Waals surface area contributed by atoms with E-state index in [0.717, 1.165) is 5.39 Å². The largest absolute Gasteiger partial charge is 0.443 e. The molecule has 0 fully saturated rings. The monoisotopic (exact) mass is 217 g/mol. The SMILES string of the molecule is CC(C)(C)OC(=O)n1ccc2[c]ccnc21. The summed E-state index contributed by atoms with van der Waals surface area (Å²) in [5.74, 6) is 0. The van der Waals surface area contributed by atoms with Crippen LogP contribution in [0.3, 0.4) is 0 Å². The predicted octanol–water partition coefficient (Wildman–Crippen LogP) is 2.62. The highest BCUT2D eigenvalue weighted by molar-refractivity contribution is 5.86. The van der Waals surface area contributed by atoms with E-state index in [2.05, 4.69) is 11.1 Å². The van der Waals surface area contributed by atoms with Crippen LogP contribution >= 0.6 is 0 Å². The quantitative estimate of drug-likeness (QED) is 0.681. The van der Waals surface area contributed by atoms with Crippen molar-refractivity contribution in [2.75, 3.05) is 0 Å². The lowest BCUT2D eigenvalue weighted by Gasteiger charge is -2.19. The van der Waals surface area contributed by atoms with Crippen molar-refractivity contribution >= 4 is 17.1 Å². The Hall–Kier alpha value is -1.84. The molecule has 0 atom stereocenters. The van der Waals surface area contributed by atoms with Crippen molar-refractivity contribution in [2.24, 2.45) is 0 Å². The third kappa shape index (κ3) is 2.05. The first kappa shape index (κ1) is 10.7. The molecule has 0 unspecified atom stereocenters. The van der Waals surface area contributed by atoms with Gasteiger partial charge in [-0.05, 0) is 39.0 Å². The molecule has 4 heteroatoms. The highest BCUT2D eigenvalue weighted by Gasteiger charge is 2.19. The van der Waals surface area contributed by atoms with Gasteiger partial charge in [-0.2, -0.15) is 0 Å². The molecule has 0 N–H and O–H groups in total. The Kier molecular flexibility index (Phi) is 2.42. The molecule has 0 aromatic carbocycles. The zero-order chi connectivity index (χ0) is 11.8. The maximum atomic E-state index is 11.8. The number of carbonyl (C=O) groups is 1. The molecule has 2 aromatic heterocycles. The number of fused-ring (bicyclic) bond motifs is 1. The van der Waals surface area contributed by atoms with E-state index in [0.29, 0.717) is 5.65 Å². The zero-order valence-electron chi connectivity index (χ0n) is 9.52. The summed E-state index contributed by atoms with van der Waals surface area (Å²) in [6, 6.07) is 6.49. The molecule has 0 saturated carbocycles. The fraction of sp³-hybridized carbons (Fsp3) is 0.333. The van der Waals surface area contributed by atoms with Crippen molar-refractivity contribution in [3.63, 3.8) is 0 Å². The molecule has 0 amide bonds. The van der Waals surface area contributed by atoms with Crippen LogP contribution in [-0.2, 0) is 4.74 Å². The van der Waals surface area contributed by atoms with E-state index in [1.165, 1.54) is 4.57 Å². The third-order valence-electron chi connectivity index (χ3n) is 1.96. The summed E-state index contributed by atoms with van der Waals surface area (Å²) in [5.41, 5.74) is 0.0587. The lowest BCUT2D eigenvalue weighted by Crippen LogP contribution is -2.26. The Balaban J connectivity index is 2.37. The molecule has 0 aliphatic rings. The Morgan fingerprint density at radius 2 is 2.25 bits per heavy atom. The molecule has 0 saturated heterocycles. The Morgan fingerprint density at radius 1 is 1.50 bits per heavy atom. The molecule has 16 heavy (non-hydrogen) atoms. The smallest absolute Gasteiger partial charge is 0.420 e. The van der Waals surface area contributed by atoms with Crippen LogP contribution in [0.1, 0.15) is 20.8 Å². The average molecular weight is 217 g/mol. The highest BCUT2D eigenvalue weighted by atomic mass is 16.6. The van der Waals surface area contributed by atoms with E-state index in [1.807, 2.05) is 20.8 Å². The van der Waals surface area contributed by atoms with Crippen LogP contribution in [0.2, 0.25) is 0 Å². The van der Waals surface area contributed by atoms with Gasteiger partial charge in [0.05, 0.1) is 0 Å². The van der Waals surface area contributed by atoms with Crippen LogP contribution in [-0.4, -0.2) is 21.2 Å².